The van der Waals surface area contributed by atoms with Gasteiger partial charge in [-0.2, -0.15) is 0 Å². The van der Waals surface area contributed by atoms with Gasteiger partial charge in [-0.15, -0.1) is 0 Å². The number of nitro benzene ring substituents is 1. The zero-order valence-electron chi connectivity index (χ0n) is 7.49. The number of ether oxygens (including phenoxy) is 1. The fourth-order valence-electron chi connectivity index (χ4n) is 0.980. The van der Waals surface area contributed by atoms with E-state index >= 15 is 0 Å². The van der Waals surface area contributed by atoms with Crippen molar-refractivity contribution in [1.29, 1.82) is 0 Å². The van der Waals surface area contributed by atoms with Crippen LogP contribution in [-0.2, 0) is 0 Å². The molecule has 0 saturated heterocycles. The second-order valence-electron chi connectivity index (χ2n) is 2.54. The van der Waals surface area contributed by atoms with Gasteiger partial charge in [0, 0.05) is 6.07 Å². The lowest BCUT2D eigenvalue weighted by Gasteiger charge is -2.05. The summed E-state index contributed by atoms with van der Waals surface area (Å²) in [7, 11) is 1.36. The first kappa shape index (κ1) is 12.2. The lowest BCUT2D eigenvalue weighted by molar-refractivity contribution is -0.385. The molecule has 1 rings (SSSR count). The summed E-state index contributed by atoms with van der Waals surface area (Å²) in [6.07, 6.45) is 0. The number of carbonyl (C=O) groups excluding carboxylic acids is 1. The molecule has 0 aliphatic heterocycles. The van der Waals surface area contributed by atoms with Gasteiger partial charge in [0.05, 0.1) is 27.2 Å². The lowest BCUT2D eigenvalue weighted by atomic mass is 10.2. The maximum atomic E-state index is 11.0. The van der Waals surface area contributed by atoms with Crippen LogP contribution in [0.4, 0.5) is 5.69 Å². The smallest absolute Gasteiger partial charge is 0.273 e. The molecule has 1 aromatic carbocycles. The predicted octanol–water partition coefficient (Wildman–Crippen LogP) is 2.59. The van der Waals surface area contributed by atoms with Gasteiger partial charge in [0.25, 0.3) is 10.9 Å². The van der Waals surface area contributed by atoms with E-state index in [1.54, 1.807) is 0 Å². The number of carbonyl (C=O) groups is 1. The van der Waals surface area contributed by atoms with E-state index in [9.17, 15) is 14.9 Å². The molecular formula is C8H5ClINO4. The second kappa shape index (κ2) is 4.75. The summed E-state index contributed by atoms with van der Waals surface area (Å²) in [4.78, 5) is 20.9. The van der Waals surface area contributed by atoms with Crippen LogP contribution in [0.2, 0.25) is 0 Å². The van der Waals surface area contributed by atoms with Crippen molar-refractivity contribution in [2.24, 2.45) is 0 Å². The molecular weight excluding hydrogens is 336 g/mol. The van der Waals surface area contributed by atoms with Crippen molar-refractivity contribution in [1.82, 2.24) is 0 Å². The van der Waals surface area contributed by atoms with Crippen LogP contribution in [0, 0.1) is 13.7 Å². The van der Waals surface area contributed by atoms with Crippen molar-refractivity contribution in [3.63, 3.8) is 0 Å². The largest absolute Gasteiger partial charge is 0.495 e. The summed E-state index contributed by atoms with van der Waals surface area (Å²) in [5, 5.41) is 9.80. The van der Waals surface area contributed by atoms with Crippen molar-refractivity contribution in [2.75, 3.05) is 7.11 Å². The number of methoxy groups -OCH3 is 1. The van der Waals surface area contributed by atoms with E-state index in [1.165, 1.54) is 13.2 Å². The van der Waals surface area contributed by atoms with Gasteiger partial charge in [0.1, 0.15) is 5.75 Å². The van der Waals surface area contributed by atoms with Crippen molar-refractivity contribution in [2.45, 2.75) is 0 Å². The average Bonchev–Trinajstić information content (AvgIpc) is 2.17. The SMILES string of the molecule is COc1cc([N+](=O)[O-])cc(C(=O)Cl)c1I. The number of hydrogen-bond acceptors (Lipinski definition) is 4. The van der Waals surface area contributed by atoms with E-state index in [4.69, 9.17) is 16.3 Å². The summed E-state index contributed by atoms with van der Waals surface area (Å²) in [6.45, 7) is 0. The lowest BCUT2D eigenvalue weighted by Crippen LogP contribution is -2.00. The third-order valence-corrected chi connectivity index (χ3v) is 2.98. The molecule has 0 amide bonds. The molecule has 0 aromatic heterocycles. The van der Waals surface area contributed by atoms with E-state index in [1.807, 2.05) is 22.6 Å². The molecule has 0 atom stereocenters. The Bertz CT molecular complexity index is 435. The molecule has 0 heterocycles. The number of nitrogens with zero attached hydrogens (tertiary/aromatic N) is 1. The van der Waals surface area contributed by atoms with Crippen LogP contribution >= 0.6 is 34.2 Å². The maximum absolute atomic E-state index is 11.0. The van der Waals surface area contributed by atoms with Crippen LogP contribution in [0.1, 0.15) is 10.4 Å². The van der Waals surface area contributed by atoms with Crippen LogP contribution in [0.3, 0.4) is 0 Å². The summed E-state index contributed by atoms with van der Waals surface area (Å²) in [5.41, 5.74) is -0.153. The van der Waals surface area contributed by atoms with E-state index < -0.39 is 10.2 Å². The third-order valence-electron chi connectivity index (χ3n) is 1.67. The van der Waals surface area contributed by atoms with Crippen molar-refractivity contribution in [3.8, 4) is 5.75 Å². The molecule has 0 radical (unpaired) electrons. The number of hydrogen-bond donors (Lipinski definition) is 0. The van der Waals surface area contributed by atoms with Gasteiger partial charge in [0.2, 0.25) is 0 Å². The second-order valence-corrected chi connectivity index (χ2v) is 3.96. The van der Waals surface area contributed by atoms with Crippen LogP contribution < -0.4 is 4.74 Å². The molecule has 15 heavy (non-hydrogen) atoms. The number of nitro groups is 1. The van der Waals surface area contributed by atoms with Crippen molar-refractivity contribution < 1.29 is 14.5 Å². The normalized spacial score (nSPS) is 9.80. The van der Waals surface area contributed by atoms with Gasteiger partial charge < -0.3 is 4.74 Å². The van der Waals surface area contributed by atoms with Crippen LogP contribution in [0.5, 0.6) is 5.75 Å². The Hall–Kier alpha value is -0.890. The molecule has 0 unspecified atom stereocenters. The minimum atomic E-state index is -0.749. The summed E-state index contributed by atoms with van der Waals surface area (Å²) >= 11 is 7.14. The minimum Gasteiger partial charge on any atom is -0.495 e. The topological polar surface area (TPSA) is 69.4 Å². The number of non-ortho nitro benzene ring substituents is 1. The van der Waals surface area contributed by atoms with E-state index in [0.717, 1.165) is 6.07 Å². The van der Waals surface area contributed by atoms with Crippen molar-refractivity contribution >= 4 is 45.1 Å². The molecule has 0 aliphatic carbocycles. The van der Waals surface area contributed by atoms with Gasteiger partial charge in [-0.1, -0.05) is 0 Å². The highest BCUT2D eigenvalue weighted by molar-refractivity contribution is 14.1. The molecule has 0 saturated carbocycles. The molecule has 0 N–H and O–H groups in total. The molecule has 5 nitrogen and oxygen atoms in total. The van der Waals surface area contributed by atoms with E-state index in [2.05, 4.69) is 0 Å². The van der Waals surface area contributed by atoms with Crippen LogP contribution in [0.25, 0.3) is 0 Å². The molecule has 0 aliphatic rings. The minimum absolute atomic E-state index is 0.0725. The Labute approximate surface area is 104 Å². The van der Waals surface area contributed by atoms with Gasteiger partial charge in [-0.05, 0) is 34.2 Å². The van der Waals surface area contributed by atoms with Gasteiger partial charge in [-0.3, -0.25) is 14.9 Å². The zero-order valence-corrected chi connectivity index (χ0v) is 10.4. The molecule has 7 heteroatoms. The zero-order chi connectivity index (χ0) is 11.6. The van der Waals surface area contributed by atoms with Gasteiger partial charge >= 0.3 is 0 Å². The first-order valence-corrected chi connectivity index (χ1v) is 5.14. The molecule has 1 aromatic rings. The van der Waals surface area contributed by atoms with Crippen molar-refractivity contribution in [3.05, 3.63) is 31.4 Å². The molecule has 0 fully saturated rings. The highest BCUT2D eigenvalue weighted by Gasteiger charge is 2.18. The summed E-state index contributed by atoms with van der Waals surface area (Å²) in [5.74, 6) is 0.258. The standard InChI is InChI=1S/C8H5ClINO4/c1-15-6-3-4(11(13)14)2-5(7(6)10)8(9)12/h2-3H,1H3. The predicted molar refractivity (Wildman–Crippen MR) is 62.5 cm³/mol. The summed E-state index contributed by atoms with van der Waals surface area (Å²) < 4.78 is 5.36. The first-order valence-electron chi connectivity index (χ1n) is 3.69. The Kier molecular flexibility index (Phi) is 3.86. The van der Waals surface area contributed by atoms with E-state index in [0.29, 0.717) is 3.57 Å². The van der Waals surface area contributed by atoms with E-state index in [-0.39, 0.29) is 17.0 Å². The first-order chi connectivity index (χ1) is 6.97. The monoisotopic (exact) mass is 341 g/mol. The highest BCUT2D eigenvalue weighted by Crippen LogP contribution is 2.30. The van der Waals surface area contributed by atoms with Gasteiger partial charge in [-0.25, -0.2) is 0 Å². The van der Waals surface area contributed by atoms with Gasteiger partial charge in [0.15, 0.2) is 0 Å². The molecule has 0 spiro atoms. The van der Waals surface area contributed by atoms with Crippen LogP contribution in [0.15, 0.2) is 12.1 Å². The fraction of sp³-hybridized carbons (Fsp3) is 0.125. The van der Waals surface area contributed by atoms with Crippen LogP contribution in [-0.4, -0.2) is 17.3 Å². The Balaban J connectivity index is 3.45. The average molecular weight is 341 g/mol. The number of halogens is 2. The maximum Gasteiger partial charge on any atom is 0.273 e. The number of rotatable bonds is 3. The third kappa shape index (κ3) is 2.57. The molecule has 80 valence electrons. The Morgan fingerprint density at radius 2 is 2.20 bits per heavy atom. The molecule has 0 bridgehead atoms. The highest BCUT2D eigenvalue weighted by atomic mass is 127. The fourth-order valence-corrected chi connectivity index (χ4v) is 2.07. The summed E-state index contributed by atoms with van der Waals surface area (Å²) in [6, 6.07) is 2.37. The number of benzene rings is 1. The Morgan fingerprint density at radius 1 is 1.60 bits per heavy atom. The quantitative estimate of drug-likeness (QED) is 0.367. The Morgan fingerprint density at radius 3 is 2.60 bits per heavy atom.